The molecule has 0 saturated carbocycles. The first kappa shape index (κ1) is 16.7. The van der Waals surface area contributed by atoms with E-state index in [1.165, 1.54) is 0 Å². The summed E-state index contributed by atoms with van der Waals surface area (Å²) in [6, 6.07) is 5.15. The Morgan fingerprint density at radius 2 is 1.89 bits per heavy atom. The molecule has 1 aromatic carbocycles. The summed E-state index contributed by atoms with van der Waals surface area (Å²) in [6.45, 7) is 11.8. The van der Waals surface area contributed by atoms with Crippen molar-refractivity contribution in [2.24, 2.45) is 0 Å². The molecule has 0 spiro atoms. The van der Waals surface area contributed by atoms with Gasteiger partial charge in [-0.1, -0.05) is 44.5 Å². The Labute approximate surface area is 122 Å². The Bertz CT molecular complexity index is 427. The smallest absolute Gasteiger partial charge is 0.191 e. The molecular formula is C15H24ClFOSi. The zero-order valence-corrected chi connectivity index (χ0v) is 14.3. The topological polar surface area (TPSA) is 9.23 Å². The molecule has 4 heteroatoms. The first-order valence-electron chi connectivity index (χ1n) is 6.72. The lowest BCUT2D eigenvalue weighted by molar-refractivity contribution is 0.282. The predicted molar refractivity (Wildman–Crippen MR) is 82.9 cm³/mol. The highest BCUT2D eigenvalue weighted by Gasteiger charge is 2.36. The average molecular weight is 303 g/mol. The molecule has 0 heterocycles. The third-order valence-electron chi connectivity index (χ3n) is 3.89. The number of rotatable bonds is 5. The Kier molecular flexibility index (Phi) is 5.60. The second kappa shape index (κ2) is 6.38. The van der Waals surface area contributed by atoms with Gasteiger partial charge in [-0.15, -0.1) is 0 Å². The second-order valence-electron chi connectivity index (χ2n) is 6.43. The number of benzene rings is 1. The van der Waals surface area contributed by atoms with Gasteiger partial charge in [0.15, 0.2) is 8.32 Å². The summed E-state index contributed by atoms with van der Waals surface area (Å²) < 4.78 is 19.8. The number of hydrogen-bond donors (Lipinski definition) is 0. The van der Waals surface area contributed by atoms with Crippen molar-refractivity contribution >= 4 is 19.9 Å². The van der Waals surface area contributed by atoms with Crippen molar-refractivity contribution in [2.45, 2.75) is 51.7 Å². The summed E-state index contributed by atoms with van der Waals surface area (Å²) in [5.41, 5.74) is 0.673. The number of aryl methyl sites for hydroxylation is 1. The van der Waals surface area contributed by atoms with Crippen LogP contribution in [0, 0.1) is 5.82 Å². The van der Waals surface area contributed by atoms with Crippen LogP contribution in [0.2, 0.25) is 23.2 Å². The highest BCUT2D eigenvalue weighted by atomic mass is 35.5. The van der Waals surface area contributed by atoms with E-state index in [0.29, 0.717) is 18.6 Å². The molecule has 0 saturated heterocycles. The Balaban J connectivity index is 2.46. The Morgan fingerprint density at radius 1 is 1.26 bits per heavy atom. The number of halogens is 2. The van der Waals surface area contributed by atoms with E-state index in [2.05, 4.69) is 33.9 Å². The molecule has 1 nitrogen and oxygen atoms in total. The molecule has 0 fully saturated rings. The highest BCUT2D eigenvalue weighted by Crippen LogP contribution is 2.36. The highest BCUT2D eigenvalue weighted by molar-refractivity contribution is 6.74. The molecular weight excluding hydrogens is 279 g/mol. The quantitative estimate of drug-likeness (QED) is 0.520. The molecule has 0 aromatic heterocycles. The standard InChI is InChI=1S/C15H24ClFOSi/c1-15(2,3)19(4,5)18-11-7-9-12-8-6-10-13(16)14(12)17/h6,8,10H,7,9,11H2,1-5H3. The van der Waals surface area contributed by atoms with Crippen molar-refractivity contribution in [1.29, 1.82) is 0 Å². The molecule has 0 amide bonds. The molecule has 0 N–H and O–H groups in total. The minimum absolute atomic E-state index is 0.197. The van der Waals surface area contributed by atoms with Crippen LogP contribution in [-0.2, 0) is 10.8 Å². The minimum Gasteiger partial charge on any atom is -0.417 e. The van der Waals surface area contributed by atoms with Crippen molar-refractivity contribution in [3.05, 3.63) is 34.6 Å². The van der Waals surface area contributed by atoms with Crippen molar-refractivity contribution < 1.29 is 8.82 Å². The lowest BCUT2D eigenvalue weighted by Gasteiger charge is -2.36. The molecule has 0 aliphatic rings. The normalized spacial score (nSPS) is 12.8. The lowest BCUT2D eigenvalue weighted by Crippen LogP contribution is -2.41. The Morgan fingerprint density at radius 3 is 2.47 bits per heavy atom. The maximum absolute atomic E-state index is 13.7. The monoisotopic (exact) mass is 302 g/mol. The third kappa shape index (κ3) is 4.58. The van der Waals surface area contributed by atoms with Crippen LogP contribution in [-0.4, -0.2) is 14.9 Å². The van der Waals surface area contributed by atoms with Crippen LogP contribution >= 0.6 is 11.6 Å². The van der Waals surface area contributed by atoms with Crippen molar-refractivity contribution in [3.63, 3.8) is 0 Å². The van der Waals surface area contributed by atoms with Crippen LogP contribution in [0.5, 0.6) is 0 Å². The van der Waals surface area contributed by atoms with E-state index >= 15 is 0 Å². The molecule has 108 valence electrons. The van der Waals surface area contributed by atoms with Gasteiger partial charge >= 0.3 is 0 Å². The largest absolute Gasteiger partial charge is 0.417 e. The van der Waals surface area contributed by atoms with E-state index in [1.807, 2.05) is 0 Å². The molecule has 19 heavy (non-hydrogen) atoms. The van der Waals surface area contributed by atoms with Gasteiger partial charge in [0.25, 0.3) is 0 Å². The van der Waals surface area contributed by atoms with Crippen molar-refractivity contribution in [1.82, 2.24) is 0 Å². The fourth-order valence-electron chi connectivity index (χ4n) is 1.55. The summed E-state index contributed by atoms with van der Waals surface area (Å²) in [6.07, 6.45) is 1.49. The van der Waals surface area contributed by atoms with Crippen molar-refractivity contribution in [2.75, 3.05) is 6.61 Å². The van der Waals surface area contributed by atoms with Crippen molar-refractivity contribution in [3.8, 4) is 0 Å². The molecule has 0 bridgehead atoms. The summed E-state index contributed by atoms with van der Waals surface area (Å²) in [5.74, 6) is -0.295. The van der Waals surface area contributed by atoms with Gasteiger partial charge in [-0.05, 0) is 42.6 Å². The van der Waals surface area contributed by atoms with Gasteiger partial charge in [-0.25, -0.2) is 4.39 Å². The van der Waals surface area contributed by atoms with E-state index in [4.69, 9.17) is 16.0 Å². The molecule has 1 aromatic rings. The molecule has 0 aliphatic heterocycles. The Hall–Kier alpha value is -0.383. The predicted octanol–water partition coefficient (Wildman–Crippen LogP) is 5.43. The number of hydrogen-bond acceptors (Lipinski definition) is 1. The average Bonchev–Trinajstić information content (AvgIpc) is 2.28. The van der Waals surface area contributed by atoms with E-state index in [1.54, 1.807) is 18.2 Å². The summed E-state index contributed by atoms with van der Waals surface area (Å²) in [5, 5.41) is 0.414. The van der Waals surface area contributed by atoms with Gasteiger partial charge in [-0.3, -0.25) is 0 Å². The van der Waals surface area contributed by atoms with Gasteiger partial charge in [0.1, 0.15) is 5.82 Å². The fraction of sp³-hybridized carbons (Fsp3) is 0.600. The van der Waals surface area contributed by atoms with E-state index in [0.717, 1.165) is 6.42 Å². The third-order valence-corrected chi connectivity index (χ3v) is 8.72. The van der Waals surface area contributed by atoms with Crippen LogP contribution in [0.25, 0.3) is 0 Å². The van der Waals surface area contributed by atoms with Gasteiger partial charge in [-0.2, -0.15) is 0 Å². The van der Waals surface area contributed by atoms with E-state index in [-0.39, 0.29) is 15.9 Å². The second-order valence-corrected chi connectivity index (χ2v) is 11.6. The van der Waals surface area contributed by atoms with Crippen LogP contribution in [0.15, 0.2) is 18.2 Å². The lowest BCUT2D eigenvalue weighted by atomic mass is 10.1. The van der Waals surface area contributed by atoms with Crippen LogP contribution < -0.4 is 0 Å². The molecule has 0 atom stereocenters. The zero-order chi connectivity index (χ0) is 14.7. The first-order chi connectivity index (χ1) is 8.65. The van der Waals surface area contributed by atoms with E-state index in [9.17, 15) is 4.39 Å². The summed E-state index contributed by atoms with van der Waals surface area (Å²) in [4.78, 5) is 0. The van der Waals surface area contributed by atoms with Gasteiger partial charge in [0, 0.05) is 6.61 Å². The SMILES string of the molecule is CC(C)(C)[Si](C)(C)OCCCc1cccc(Cl)c1F. The fourth-order valence-corrected chi connectivity index (χ4v) is 2.83. The molecule has 0 radical (unpaired) electrons. The van der Waals surface area contributed by atoms with Gasteiger partial charge in [0.2, 0.25) is 0 Å². The molecule has 0 unspecified atom stereocenters. The summed E-state index contributed by atoms with van der Waals surface area (Å²) in [7, 11) is -1.69. The van der Waals surface area contributed by atoms with Gasteiger partial charge < -0.3 is 4.43 Å². The minimum atomic E-state index is -1.69. The maximum Gasteiger partial charge on any atom is 0.191 e. The first-order valence-corrected chi connectivity index (χ1v) is 10.0. The van der Waals surface area contributed by atoms with Crippen LogP contribution in [0.3, 0.4) is 0 Å². The zero-order valence-electron chi connectivity index (χ0n) is 12.5. The molecule has 0 aliphatic carbocycles. The van der Waals surface area contributed by atoms with Crippen LogP contribution in [0.4, 0.5) is 4.39 Å². The van der Waals surface area contributed by atoms with Crippen LogP contribution in [0.1, 0.15) is 32.8 Å². The van der Waals surface area contributed by atoms with E-state index < -0.39 is 8.32 Å². The maximum atomic E-state index is 13.7. The molecule has 1 rings (SSSR count). The summed E-state index contributed by atoms with van der Waals surface area (Å²) >= 11 is 5.76. The van der Waals surface area contributed by atoms with Gasteiger partial charge in [0.05, 0.1) is 5.02 Å².